The zero-order chi connectivity index (χ0) is 24.3. The fourth-order valence-corrected chi connectivity index (χ4v) is 4.00. The van der Waals surface area contributed by atoms with Crippen LogP contribution in [0.5, 0.6) is 0 Å². The molecule has 1 aliphatic rings. The molecule has 1 aliphatic heterocycles. The van der Waals surface area contributed by atoms with Gasteiger partial charge in [0, 0.05) is 4.47 Å². The number of alkyl halides is 2. The SMILES string of the molecule is CC(C)c1cc(=O)c(Nc2ccc(N3C[C@H](CNC(=S)C(F)F)OC3=O)cc2F)ccc1Br. The van der Waals surface area contributed by atoms with Crippen molar-refractivity contribution >= 4 is 56.3 Å². The normalized spacial score (nSPS) is 15.7. The topological polar surface area (TPSA) is 70.7 Å². The summed E-state index contributed by atoms with van der Waals surface area (Å²) in [5.74, 6) is -0.566. The summed E-state index contributed by atoms with van der Waals surface area (Å²) in [6.07, 6.45) is -4.26. The van der Waals surface area contributed by atoms with Gasteiger partial charge in [0.2, 0.25) is 5.43 Å². The second kappa shape index (κ2) is 10.5. The number of benzene rings is 1. The highest BCUT2D eigenvalue weighted by molar-refractivity contribution is 9.10. The molecule has 2 aromatic carbocycles. The quantitative estimate of drug-likeness (QED) is 0.460. The molecule has 3 rings (SSSR count). The summed E-state index contributed by atoms with van der Waals surface area (Å²) in [6, 6.07) is 8.81. The van der Waals surface area contributed by atoms with Crippen LogP contribution in [0, 0.1) is 5.82 Å². The Hall–Kier alpha value is -2.66. The largest absolute Gasteiger partial charge is 0.442 e. The molecule has 0 unspecified atom stereocenters. The van der Waals surface area contributed by atoms with Gasteiger partial charge in [0.15, 0.2) is 0 Å². The Labute approximate surface area is 202 Å². The molecule has 2 aromatic rings. The van der Waals surface area contributed by atoms with E-state index in [1.165, 1.54) is 23.1 Å². The molecule has 1 fully saturated rings. The first kappa shape index (κ1) is 25.0. The number of hydrogen-bond acceptors (Lipinski definition) is 5. The van der Waals surface area contributed by atoms with Crippen LogP contribution in [0.15, 0.2) is 45.7 Å². The molecule has 33 heavy (non-hydrogen) atoms. The van der Waals surface area contributed by atoms with E-state index in [-0.39, 0.29) is 41.5 Å². The van der Waals surface area contributed by atoms with Crippen molar-refractivity contribution in [2.75, 3.05) is 23.3 Å². The monoisotopic (exact) mass is 543 g/mol. The molecule has 1 heterocycles. The third kappa shape index (κ3) is 6.02. The van der Waals surface area contributed by atoms with Crippen molar-refractivity contribution < 1.29 is 22.7 Å². The van der Waals surface area contributed by atoms with E-state index in [4.69, 9.17) is 4.74 Å². The van der Waals surface area contributed by atoms with Crippen molar-refractivity contribution in [2.24, 2.45) is 0 Å². The maximum absolute atomic E-state index is 14.8. The van der Waals surface area contributed by atoms with Gasteiger partial charge in [-0.05, 0) is 47.9 Å². The predicted molar refractivity (Wildman–Crippen MR) is 128 cm³/mol. The Balaban J connectivity index is 1.75. The summed E-state index contributed by atoms with van der Waals surface area (Å²) >= 11 is 7.94. The molecule has 0 aromatic heterocycles. The lowest BCUT2D eigenvalue weighted by molar-refractivity contribution is 0.142. The van der Waals surface area contributed by atoms with Gasteiger partial charge in [0.1, 0.15) is 16.9 Å². The average Bonchev–Trinajstić information content (AvgIpc) is 3.06. The molecule has 6 nitrogen and oxygen atoms in total. The van der Waals surface area contributed by atoms with E-state index in [1.54, 1.807) is 12.1 Å². The van der Waals surface area contributed by atoms with Crippen molar-refractivity contribution in [3.8, 4) is 0 Å². The van der Waals surface area contributed by atoms with Gasteiger partial charge >= 0.3 is 6.09 Å². The second-order valence-electron chi connectivity index (χ2n) is 7.66. The molecule has 2 N–H and O–H groups in total. The fourth-order valence-electron chi connectivity index (χ4n) is 3.22. The summed E-state index contributed by atoms with van der Waals surface area (Å²) in [4.78, 5) is 25.3. The second-order valence-corrected chi connectivity index (χ2v) is 8.96. The third-order valence-corrected chi connectivity index (χ3v) is 6.00. The van der Waals surface area contributed by atoms with Crippen molar-refractivity contribution in [2.45, 2.75) is 32.3 Å². The van der Waals surface area contributed by atoms with Gasteiger partial charge in [-0.25, -0.2) is 18.0 Å². The zero-order valence-corrected chi connectivity index (χ0v) is 20.1. The molecule has 1 saturated heterocycles. The smallest absolute Gasteiger partial charge is 0.414 e. The summed E-state index contributed by atoms with van der Waals surface area (Å²) in [5, 5.41) is 5.14. The lowest BCUT2D eigenvalue weighted by Gasteiger charge is -2.15. The van der Waals surface area contributed by atoms with Crippen LogP contribution in [0.1, 0.15) is 25.3 Å². The van der Waals surface area contributed by atoms with Gasteiger partial charge in [-0.2, -0.15) is 0 Å². The fraction of sp³-hybridized carbons (Fsp3) is 0.318. The van der Waals surface area contributed by atoms with Gasteiger partial charge in [-0.15, -0.1) is 0 Å². The van der Waals surface area contributed by atoms with Gasteiger partial charge < -0.3 is 15.4 Å². The standard InChI is InChI=1S/C22H21BrF3N3O3S/c1-11(2)14-8-19(30)18(6-4-15(14)23)28-17-5-3-12(7-16(17)24)29-10-13(32-22(29)31)9-27-21(33)20(25)26/h3-8,11,13,20H,9-10H2,1-2H3,(H,27,33)(H,28,30)/t13-/m0/s1. The first-order chi connectivity index (χ1) is 15.6. The molecule has 176 valence electrons. The Kier molecular flexibility index (Phi) is 7.96. The molecule has 11 heteroatoms. The highest BCUT2D eigenvalue weighted by atomic mass is 79.9. The summed E-state index contributed by atoms with van der Waals surface area (Å²) < 4.78 is 45.7. The van der Waals surface area contributed by atoms with Crippen LogP contribution in [0.2, 0.25) is 0 Å². The number of ether oxygens (including phenoxy) is 1. The number of rotatable bonds is 7. The predicted octanol–water partition coefficient (Wildman–Crippen LogP) is 5.32. The van der Waals surface area contributed by atoms with E-state index < -0.39 is 29.4 Å². The number of hydrogen-bond donors (Lipinski definition) is 2. The summed E-state index contributed by atoms with van der Waals surface area (Å²) in [5.41, 5.74) is 1.00. The van der Waals surface area contributed by atoms with Gasteiger partial charge in [0.05, 0.1) is 30.2 Å². The molecule has 0 saturated carbocycles. The number of nitrogens with zero attached hydrogens (tertiary/aromatic N) is 1. The van der Waals surface area contributed by atoms with E-state index in [9.17, 15) is 22.8 Å². The Morgan fingerprint density at radius 2 is 1.91 bits per heavy atom. The Morgan fingerprint density at radius 1 is 1.21 bits per heavy atom. The molecular weight excluding hydrogens is 523 g/mol. The van der Waals surface area contributed by atoms with E-state index in [2.05, 4.69) is 38.8 Å². The van der Waals surface area contributed by atoms with Crippen LogP contribution in [0.3, 0.4) is 0 Å². The van der Waals surface area contributed by atoms with E-state index >= 15 is 0 Å². The maximum Gasteiger partial charge on any atom is 0.414 e. The van der Waals surface area contributed by atoms with Crippen LogP contribution in [-0.2, 0) is 4.74 Å². The van der Waals surface area contributed by atoms with Crippen LogP contribution < -0.4 is 21.0 Å². The average molecular weight is 544 g/mol. The summed E-state index contributed by atoms with van der Waals surface area (Å²) in [7, 11) is 0. The molecule has 0 aliphatic carbocycles. The Bertz CT molecular complexity index is 1130. The lowest BCUT2D eigenvalue weighted by Crippen LogP contribution is -2.36. The van der Waals surface area contributed by atoms with Crippen molar-refractivity contribution in [1.29, 1.82) is 0 Å². The van der Waals surface area contributed by atoms with Crippen LogP contribution >= 0.6 is 28.1 Å². The first-order valence-electron chi connectivity index (χ1n) is 10.0. The molecule has 0 spiro atoms. The van der Waals surface area contributed by atoms with Crippen molar-refractivity contribution in [3.63, 3.8) is 0 Å². The van der Waals surface area contributed by atoms with E-state index in [0.29, 0.717) is 0 Å². The minimum absolute atomic E-state index is 0.0368. The maximum atomic E-state index is 14.8. The number of anilines is 3. The minimum Gasteiger partial charge on any atom is -0.442 e. The lowest BCUT2D eigenvalue weighted by atomic mass is 10.1. The van der Waals surface area contributed by atoms with Gasteiger partial charge in [-0.3, -0.25) is 9.69 Å². The van der Waals surface area contributed by atoms with Crippen LogP contribution in [-0.4, -0.2) is 36.7 Å². The molecule has 0 bridgehead atoms. The highest BCUT2D eigenvalue weighted by Gasteiger charge is 2.33. The summed E-state index contributed by atoms with van der Waals surface area (Å²) in [6.45, 7) is 3.87. The number of thiocarbonyl (C=S) groups is 1. The molecule has 1 atom stereocenters. The molecular formula is C22H21BrF3N3O3S. The Morgan fingerprint density at radius 3 is 2.55 bits per heavy atom. The van der Waals surface area contributed by atoms with Crippen LogP contribution in [0.25, 0.3) is 0 Å². The number of amides is 1. The minimum atomic E-state index is -2.80. The van der Waals surface area contributed by atoms with Crippen molar-refractivity contribution in [1.82, 2.24) is 5.32 Å². The van der Waals surface area contributed by atoms with Gasteiger partial charge in [-0.1, -0.05) is 42.0 Å². The highest BCUT2D eigenvalue weighted by Crippen LogP contribution is 2.28. The zero-order valence-electron chi connectivity index (χ0n) is 17.7. The number of carbonyl (C=O) groups is 1. The number of carbonyl (C=O) groups excluding carboxylic acids is 1. The molecule has 1 amide bonds. The van der Waals surface area contributed by atoms with Crippen LogP contribution in [0.4, 0.5) is 35.0 Å². The van der Waals surface area contributed by atoms with E-state index in [1.807, 2.05) is 13.8 Å². The number of cyclic esters (lactones) is 1. The van der Waals surface area contributed by atoms with Crippen molar-refractivity contribution in [3.05, 3.63) is 62.5 Å². The number of nitrogens with one attached hydrogen (secondary N) is 2. The van der Waals surface area contributed by atoms with Gasteiger partial charge in [0.25, 0.3) is 6.43 Å². The molecule has 0 radical (unpaired) electrons. The third-order valence-electron chi connectivity index (χ3n) is 4.96. The van der Waals surface area contributed by atoms with E-state index in [0.717, 1.165) is 16.1 Å². The first-order valence-corrected chi connectivity index (χ1v) is 11.2. The number of halogens is 4.